The Labute approximate surface area is 83.6 Å². The van der Waals surface area contributed by atoms with E-state index in [1.165, 1.54) is 0 Å². The van der Waals surface area contributed by atoms with Crippen LogP contribution in [0.4, 0.5) is 0 Å². The van der Waals surface area contributed by atoms with Crippen LogP contribution < -0.4 is 0 Å². The van der Waals surface area contributed by atoms with Crippen molar-refractivity contribution in [1.82, 2.24) is 15.0 Å². The topological polar surface area (TPSA) is 41.6 Å². The maximum atomic E-state index is 4.56. The van der Waals surface area contributed by atoms with Crippen molar-refractivity contribution < 1.29 is 0 Å². The van der Waals surface area contributed by atoms with Crippen molar-refractivity contribution in [2.75, 3.05) is 0 Å². The molecule has 0 saturated carbocycles. The van der Waals surface area contributed by atoms with Gasteiger partial charge < -0.3 is 4.98 Å². The van der Waals surface area contributed by atoms with Crippen LogP contribution in [0.25, 0.3) is 11.0 Å². The van der Waals surface area contributed by atoms with Gasteiger partial charge in [-0.05, 0) is 12.5 Å². The molecule has 0 radical (unpaired) electrons. The molecule has 1 N–H and O–H groups in total. The van der Waals surface area contributed by atoms with Crippen LogP contribution in [0.2, 0.25) is 0 Å². The van der Waals surface area contributed by atoms with E-state index in [0.717, 1.165) is 23.3 Å². The van der Waals surface area contributed by atoms with Crippen LogP contribution in [0.5, 0.6) is 0 Å². The van der Waals surface area contributed by atoms with Crippen molar-refractivity contribution >= 4 is 11.0 Å². The highest BCUT2D eigenvalue weighted by Gasteiger charge is 2.21. The lowest BCUT2D eigenvalue weighted by atomic mass is 9.90. The average Bonchev–Trinajstić information content (AvgIpc) is 2.61. The Bertz CT molecular complexity index is 409. The third kappa shape index (κ3) is 1.39. The summed E-state index contributed by atoms with van der Waals surface area (Å²) in [5, 5.41) is 0. The fourth-order valence-corrected chi connectivity index (χ4v) is 1.34. The number of aromatic nitrogens is 3. The fraction of sp³-hybridized carbons (Fsp3) is 0.455. The first-order chi connectivity index (χ1) is 6.63. The van der Waals surface area contributed by atoms with Gasteiger partial charge in [0.1, 0.15) is 5.82 Å². The van der Waals surface area contributed by atoms with E-state index in [1.54, 1.807) is 6.20 Å². The van der Waals surface area contributed by atoms with Gasteiger partial charge in [-0.3, -0.25) is 4.98 Å². The molecule has 0 spiro atoms. The highest BCUT2D eigenvalue weighted by Crippen LogP contribution is 2.25. The quantitative estimate of drug-likeness (QED) is 0.789. The Balaban J connectivity index is 2.55. The standard InChI is InChI=1S/C11H15N3/c1-4-11(2,3)10-13-8-5-6-12-7-9(8)14-10/h5-7H,4H2,1-3H3,(H,13,14). The van der Waals surface area contributed by atoms with Crippen molar-refractivity contribution in [1.29, 1.82) is 0 Å². The van der Waals surface area contributed by atoms with Crippen molar-refractivity contribution in [3.8, 4) is 0 Å². The highest BCUT2D eigenvalue weighted by molar-refractivity contribution is 5.73. The maximum absolute atomic E-state index is 4.56. The Hall–Kier alpha value is -1.38. The smallest absolute Gasteiger partial charge is 0.112 e. The average molecular weight is 189 g/mol. The van der Waals surface area contributed by atoms with Gasteiger partial charge in [0.2, 0.25) is 0 Å². The molecule has 14 heavy (non-hydrogen) atoms. The third-order valence-electron chi connectivity index (χ3n) is 2.81. The van der Waals surface area contributed by atoms with Crippen molar-refractivity contribution in [3.05, 3.63) is 24.3 Å². The van der Waals surface area contributed by atoms with E-state index >= 15 is 0 Å². The largest absolute Gasteiger partial charge is 0.340 e. The summed E-state index contributed by atoms with van der Waals surface area (Å²) in [6, 6.07) is 1.93. The number of fused-ring (bicyclic) bond motifs is 1. The normalized spacial score (nSPS) is 12.2. The lowest BCUT2D eigenvalue weighted by Crippen LogP contribution is -2.17. The number of H-pyrrole nitrogens is 1. The molecule has 0 atom stereocenters. The molecule has 0 aliphatic heterocycles. The Morgan fingerprint density at radius 2 is 2.21 bits per heavy atom. The summed E-state index contributed by atoms with van der Waals surface area (Å²) in [5.41, 5.74) is 2.12. The van der Waals surface area contributed by atoms with Gasteiger partial charge in [0, 0.05) is 11.6 Å². The van der Waals surface area contributed by atoms with Gasteiger partial charge in [0.05, 0.1) is 17.2 Å². The van der Waals surface area contributed by atoms with Crippen LogP contribution in [0, 0.1) is 0 Å². The fourth-order valence-electron chi connectivity index (χ4n) is 1.34. The van der Waals surface area contributed by atoms with Gasteiger partial charge in [-0.2, -0.15) is 0 Å². The first-order valence-electron chi connectivity index (χ1n) is 4.93. The molecule has 2 heterocycles. The van der Waals surface area contributed by atoms with E-state index in [-0.39, 0.29) is 5.41 Å². The SMILES string of the molecule is CCC(C)(C)c1nc2ccncc2[nH]1. The number of nitrogens with one attached hydrogen (secondary N) is 1. The predicted molar refractivity (Wildman–Crippen MR) is 57.2 cm³/mol. The van der Waals surface area contributed by atoms with Gasteiger partial charge in [-0.15, -0.1) is 0 Å². The van der Waals surface area contributed by atoms with Crippen molar-refractivity contribution in [2.45, 2.75) is 32.6 Å². The van der Waals surface area contributed by atoms with Crippen LogP contribution in [0.15, 0.2) is 18.5 Å². The van der Waals surface area contributed by atoms with Crippen LogP contribution in [-0.2, 0) is 5.41 Å². The molecule has 0 saturated heterocycles. The van der Waals surface area contributed by atoms with E-state index < -0.39 is 0 Å². The zero-order chi connectivity index (χ0) is 10.2. The zero-order valence-corrected chi connectivity index (χ0v) is 8.83. The first-order valence-corrected chi connectivity index (χ1v) is 4.93. The lowest BCUT2D eigenvalue weighted by molar-refractivity contribution is 0.479. The second kappa shape index (κ2) is 3.08. The number of rotatable bonds is 2. The van der Waals surface area contributed by atoms with Crippen LogP contribution >= 0.6 is 0 Å². The first kappa shape index (κ1) is 9.19. The minimum absolute atomic E-state index is 0.110. The zero-order valence-electron chi connectivity index (χ0n) is 8.83. The van der Waals surface area contributed by atoms with Gasteiger partial charge in [0.25, 0.3) is 0 Å². The summed E-state index contributed by atoms with van der Waals surface area (Å²) < 4.78 is 0. The minimum Gasteiger partial charge on any atom is -0.340 e. The molecule has 2 aromatic heterocycles. The Morgan fingerprint density at radius 1 is 1.43 bits per heavy atom. The van der Waals surface area contributed by atoms with Gasteiger partial charge in [0.15, 0.2) is 0 Å². The number of hydrogen-bond acceptors (Lipinski definition) is 2. The van der Waals surface area contributed by atoms with E-state index in [4.69, 9.17) is 0 Å². The molecule has 2 rings (SSSR count). The molecule has 0 fully saturated rings. The van der Waals surface area contributed by atoms with E-state index in [0.29, 0.717) is 0 Å². The maximum Gasteiger partial charge on any atom is 0.112 e. The van der Waals surface area contributed by atoms with Gasteiger partial charge in [-0.1, -0.05) is 20.8 Å². The molecule has 0 aliphatic rings. The van der Waals surface area contributed by atoms with Crippen LogP contribution in [-0.4, -0.2) is 15.0 Å². The van der Waals surface area contributed by atoms with E-state index in [2.05, 4.69) is 35.7 Å². The summed E-state index contributed by atoms with van der Waals surface area (Å²) in [7, 11) is 0. The van der Waals surface area contributed by atoms with E-state index in [1.807, 2.05) is 12.3 Å². The number of nitrogens with zero attached hydrogens (tertiary/aromatic N) is 2. The number of imidazole rings is 1. The van der Waals surface area contributed by atoms with Crippen molar-refractivity contribution in [3.63, 3.8) is 0 Å². The monoisotopic (exact) mass is 189 g/mol. The second-order valence-electron chi connectivity index (χ2n) is 4.22. The van der Waals surface area contributed by atoms with Crippen molar-refractivity contribution in [2.24, 2.45) is 0 Å². The molecule has 0 aliphatic carbocycles. The summed E-state index contributed by atoms with van der Waals surface area (Å²) >= 11 is 0. The summed E-state index contributed by atoms with van der Waals surface area (Å²) in [5.74, 6) is 1.04. The number of pyridine rings is 1. The molecule has 3 heteroatoms. The molecule has 0 bridgehead atoms. The Morgan fingerprint density at radius 3 is 2.86 bits per heavy atom. The second-order valence-corrected chi connectivity index (χ2v) is 4.22. The number of aromatic amines is 1. The molecule has 0 aromatic carbocycles. The van der Waals surface area contributed by atoms with E-state index in [9.17, 15) is 0 Å². The predicted octanol–water partition coefficient (Wildman–Crippen LogP) is 2.65. The molecular weight excluding hydrogens is 174 g/mol. The summed E-state index contributed by atoms with van der Waals surface area (Å²) in [4.78, 5) is 11.9. The third-order valence-corrected chi connectivity index (χ3v) is 2.81. The van der Waals surface area contributed by atoms with Crippen LogP contribution in [0.1, 0.15) is 33.0 Å². The summed E-state index contributed by atoms with van der Waals surface area (Å²) in [6.45, 7) is 6.56. The number of hydrogen-bond donors (Lipinski definition) is 1. The molecule has 3 nitrogen and oxygen atoms in total. The molecule has 0 amide bonds. The van der Waals surface area contributed by atoms with Gasteiger partial charge >= 0.3 is 0 Å². The molecular formula is C11H15N3. The Kier molecular flexibility index (Phi) is 2.02. The highest BCUT2D eigenvalue weighted by atomic mass is 14.9. The molecule has 0 unspecified atom stereocenters. The lowest BCUT2D eigenvalue weighted by Gasteiger charge is -2.18. The minimum atomic E-state index is 0.110. The van der Waals surface area contributed by atoms with Crippen LogP contribution in [0.3, 0.4) is 0 Å². The molecule has 74 valence electrons. The van der Waals surface area contributed by atoms with Gasteiger partial charge in [-0.25, -0.2) is 4.98 Å². The molecule has 2 aromatic rings. The summed E-state index contributed by atoms with van der Waals surface area (Å²) in [6.07, 6.45) is 4.66.